The quantitative estimate of drug-likeness (QED) is 0.138. The zero-order valence-electron chi connectivity index (χ0n) is 34.6. The molecule has 10 atom stereocenters. The number of carbonyl (C=O) groups is 4. The summed E-state index contributed by atoms with van der Waals surface area (Å²) in [6, 6.07) is 2.97. The van der Waals surface area contributed by atoms with Gasteiger partial charge in [-0.15, -0.1) is 0 Å². The fourth-order valence-electron chi connectivity index (χ4n) is 10.3. The van der Waals surface area contributed by atoms with Crippen molar-refractivity contribution in [2.24, 2.45) is 22.7 Å². The maximum absolute atomic E-state index is 13.9. The number of ether oxygens (including phenoxy) is 3. The topological polar surface area (TPSA) is 183 Å². The molecular formula is C44H58N6O9. The second-order valence-corrected chi connectivity index (χ2v) is 17.2. The molecule has 1 aromatic heterocycles. The molecule has 1 aromatic rings. The number of cyclic esters (lactones) is 1. The normalized spacial score (nSPS) is 33.8. The van der Waals surface area contributed by atoms with Gasteiger partial charge in [0.05, 0.1) is 50.2 Å². The number of carbonyl (C=O) groups excluding carboxylic acids is 4. The summed E-state index contributed by atoms with van der Waals surface area (Å²) in [7, 11) is 1.70. The molecule has 4 aliphatic heterocycles. The highest BCUT2D eigenvalue weighted by atomic mass is 16.5. The Morgan fingerprint density at radius 2 is 1.97 bits per heavy atom. The molecule has 2 aliphatic carbocycles. The number of allylic oxidation sites excluding steroid dienone is 4. The molecule has 0 radical (unpaired) electrons. The molecule has 0 aromatic carbocycles. The van der Waals surface area contributed by atoms with Gasteiger partial charge < -0.3 is 34.6 Å². The lowest BCUT2D eigenvalue weighted by Gasteiger charge is -2.62. The van der Waals surface area contributed by atoms with Crippen LogP contribution in [0.15, 0.2) is 84.0 Å². The summed E-state index contributed by atoms with van der Waals surface area (Å²) in [6.45, 7) is 14.4. The smallest absolute Gasteiger partial charge is 0.341 e. The lowest BCUT2D eigenvalue weighted by atomic mass is 9.45. The first-order chi connectivity index (χ1) is 28.2. The van der Waals surface area contributed by atoms with E-state index in [0.717, 1.165) is 5.57 Å². The van der Waals surface area contributed by atoms with Crippen LogP contribution in [-0.2, 0) is 33.4 Å². The van der Waals surface area contributed by atoms with Crippen LogP contribution in [-0.4, -0.2) is 137 Å². The van der Waals surface area contributed by atoms with Crippen LogP contribution in [0.5, 0.6) is 0 Å². The number of hydrogen-bond acceptors (Lipinski definition) is 13. The zero-order valence-corrected chi connectivity index (χ0v) is 34.6. The Hall–Kier alpha value is -4.67. The number of morpholine rings is 1. The van der Waals surface area contributed by atoms with E-state index in [0.29, 0.717) is 69.0 Å². The van der Waals surface area contributed by atoms with Gasteiger partial charge in [0.2, 0.25) is 5.91 Å². The van der Waals surface area contributed by atoms with Gasteiger partial charge >= 0.3 is 11.9 Å². The lowest BCUT2D eigenvalue weighted by molar-refractivity contribution is -0.157. The fraction of sp³-hybridized carbons (Fsp3) is 0.568. The van der Waals surface area contributed by atoms with E-state index in [1.165, 1.54) is 4.90 Å². The number of aliphatic hydroxyl groups is 2. The third-order valence-electron chi connectivity index (χ3n) is 13.7. The molecule has 2 saturated carbocycles. The molecule has 59 heavy (non-hydrogen) atoms. The van der Waals surface area contributed by atoms with E-state index in [1.807, 2.05) is 49.1 Å². The molecule has 2 saturated heterocycles. The number of pyridine rings is 1. The van der Waals surface area contributed by atoms with Gasteiger partial charge in [-0.2, -0.15) is 0 Å². The van der Waals surface area contributed by atoms with Gasteiger partial charge in [0, 0.05) is 36.9 Å². The molecule has 7 rings (SSSR count). The summed E-state index contributed by atoms with van der Waals surface area (Å²) < 4.78 is 16.5. The number of amides is 2. The minimum absolute atomic E-state index is 0.0224. The standard InChI is InChI=1S/C44H58N6O9/c1-7-58-42(56)38-40(54)50-24-28(11-12-37(50)48(38)6)20-29-21-30(41(55)59-29)33(47-36-10-8-9-15-45-36)22-31-26(2)32(46-27(3)39(53)49-16-18-57-19-17-49)23-34-43(31,4)14-13-35(52)44(34,5)25-51/h8-12,15,20-21,24,27,31-35,37-38,46,51-52H,2,7,13-14,16-19,22-23,25H2,1,3-6H3,(H,45,47)/b29-20+/t27?,31?,32?,33?,34?,35-,37?,38?,43-,44+/m1/s1. The first kappa shape index (κ1) is 42.5. The first-order valence-corrected chi connectivity index (χ1v) is 20.7. The molecule has 0 spiro atoms. The molecule has 6 aliphatic rings. The van der Waals surface area contributed by atoms with Gasteiger partial charge in [-0.05, 0) is 99.8 Å². The van der Waals surface area contributed by atoms with Gasteiger partial charge in [0.15, 0.2) is 6.04 Å². The van der Waals surface area contributed by atoms with Crippen LogP contribution >= 0.6 is 0 Å². The van der Waals surface area contributed by atoms with Gasteiger partial charge in [-0.3, -0.25) is 24.7 Å². The number of aliphatic hydroxyl groups excluding tert-OH is 2. The number of nitrogens with zero attached hydrogens (tertiary/aromatic N) is 4. The average Bonchev–Trinajstić information content (AvgIpc) is 3.72. The summed E-state index contributed by atoms with van der Waals surface area (Å²) in [4.78, 5) is 63.0. The second-order valence-electron chi connectivity index (χ2n) is 17.2. The number of anilines is 1. The highest BCUT2D eigenvalue weighted by Crippen LogP contribution is 2.62. The summed E-state index contributed by atoms with van der Waals surface area (Å²) in [5, 5.41) is 29.4. The monoisotopic (exact) mass is 814 g/mol. The average molecular weight is 815 g/mol. The van der Waals surface area contributed by atoms with Crippen LogP contribution in [0.25, 0.3) is 0 Å². The van der Waals surface area contributed by atoms with Gasteiger partial charge in [0.1, 0.15) is 17.7 Å². The number of hydrogen-bond donors (Lipinski definition) is 4. The van der Waals surface area contributed by atoms with E-state index in [1.54, 1.807) is 43.4 Å². The molecule has 4 N–H and O–H groups in total. The summed E-state index contributed by atoms with van der Waals surface area (Å²) in [6.07, 6.45) is 11.2. The Kier molecular flexibility index (Phi) is 12.3. The molecular weight excluding hydrogens is 757 g/mol. The number of likely N-dealkylation sites (N-methyl/N-ethyl adjacent to an activating group) is 1. The number of nitrogens with one attached hydrogen (secondary N) is 2. The Labute approximate surface area is 345 Å². The minimum Gasteiger partial charge on any atom is -0.464 e. The number of fused-ring (bicyclic) bond motifs is 2. The molecule has 5 heterocycles. The van der Waals surface area contributed by atoms with Crippen molar-refractivity contribution in [3.8, 4) is 0 Å². The minimum atomic E-state index is -1.07. The highest BCUT2D eigenvalue weighted by Gasteiger charge is 2.60. The maximum atomic E-state index is 13.9. The van der Waals surface area contributed by atoms with Crippen LogP contribution in [0.2, 0.25) is 0 Å². The maximum Gasteiger partial charge on any atom is 0.341 e. The molecule has 4 fully saturated rings. The fourth-order valence-corrected chi connectivity index (χ4v) is 10.3. The second kappa shape index (κ2) is 17.1. The predicted molar refractivity (Wildman–Crippen MR) is 218 cm³/mol. The van der Waals surface area contributed by atoms with E-state index in [-0.39, 0.29) is 42.8 Å². The summed E-state index contributed by atoms with van der Waals surface area (Å²) >= 11 is 0. The van der Waals surface area contributed by atoms with Crippen LogP contribution in [0.3, 0.4) is 0 Å². The van der Waals surface area contributed by atoms with E-state index in [9.17, 15) is 29.4 Å². The highest BCUT2D eigenvalue weighted by molar-refractivity contribution is 6.04. The van der Waals surface area contributed by atoms with Crippen LogP contribution in [0.1, 0.15) is 53.4 Å². The van der Waals surface area contributed by atoms with E-state index in [4.69, 9.17) is 20.8 Å². The Morgan fingerprint density at radius 3 is 2.66 bits per heavy atom. The SMILES string of the molecule is C=C1C(NC(C)C(=O)N2CCOCC2)CC2[C@](C)(CC[C@@H](O)[C@@]2(C)CO)C1CC(Nc1ccccn1)C1=C/C(=C\C2=CN3C(=O)C(C(=O)OCC)N(C)C3C=C2)OC1=O. The van der Waals surface area contributed by atoms with Crippen LogP contribution < -0.4 is 10.6 Å². The van der Waals surface area contributed by atoms with Crippen molar-refractivity contribution < 1.29 is 43.6 Å². The van der Waals surface area contributed by atoms with Crippen LogP contribution in [0.4, 0.5) is 5.82 Å². The molecule has 318 valence electrons. The lowest BCUT2D eigenvalue weighted by Crippen LogP contribution is -2.62. The van der Waals surface area contributed by atoms with Crippen molar-refractivity contribution >= 4 is 29.6 Å². The largest absolute Gasteiger partial charge is 0.464 e. The molecule has 15 nitrogen and oxygen atoms in total. The van der Waals surface area contributed by atoms with Gasteiger partial charge in [-0.1, -0.05) is 38.1 Å². The van der Waals surface area contributed by atoms with Crippen molar-refractivity contribution in [1.82, 2.24) is 25.0 Å². The predicted octanol–water partition coefficient (Wildman–Crippen LogP) is 2.66. The Morgan fingerprint density at radius 1 is 1.20 bits per heavy atom. The Balaban J connectivity index is 1.20. The third kappa shape index (κ3) is 8.02. The zero-order chi connectivity index (χ0) is 42.2. The van der Waals surface area contributed by atoms with Gasteiger partial charge in [0.25, 0.3) is 5.91 Å². The van der Waals surface area contributed by atoms with Crippen molar-refractivity contribution in [1.29, 1.82) is 0 Å². The molecule has 7 unspecified atom stereocenters. The molecule has 0 bridgehead atoms. The molecule has 15 heteroatoms. The summed E-state index contributed by atoms with van der Waals surface area (Å²) in [5.74, 6) is -1.14. The van der Waals surface area contributed by atoms with Crippen molar-refractivity contribution in [3.05, 3.63) is 84.0 Å². The van der Waals surface area contributed by atoms with Crippen molar-refractivity contribution in [2.75, 3.05) is 51.9 Å². The summed E-state index contributed by atoms with van der Waals surface area (Å²) in [5.41, 5.74) is 0.596. The van der Waals surface area contributed by atoms with E-state index < -0.39 is 59.1 Å². The number of esters is 2. The van der Waals surface area contributed by atoms with E-state index in [2.05, 4.69) is 22.5 Å². The third-order valence-corrected chi connectivity index (χ3v) is 13.7. The van der Waals surface area contributed by atoms with Crippen LogP contribution in [0, 0.1) is 22.7 Å². The van der Waals surface area contributed by atoms with E-state index >= 15 is 0 Å². The first-order valence-electron chi connectivity index (χ1n) is 20.7. The van der Waals surface area contributed by atoms with Crippen molar-refractivity contribution in [2.45, 2.75) is 89.8 Å². The molecule has 2 amide bonds. The Bertz CT molecular complexity index is 1940. The van der Waals surface area contributed by atoms with Gasteiger partial charge in [-0.25, -0.2) is 14.6 Å². The number of rotatable bonds is 12. The number of aromatic nitrogens is 1. The van der Waals surface area contributed by atoms with Crippen molar-refractivity contribution in [3.63, 3.8) is 0 Å².